The molecule has 1 N–H and O–H groups in total. The monoisotopic (exact) mass is 295 g/mol. The van der Waals surface area contributed by atoms with Crippen molar-refractivity contribution in [2.45, 2.75) is 53.1 Å². The summed E-state index contributed by atoms with van der Waals surface area (Å²) in [5.74, 6) is -0.650. The second-order valence-electron chi connectivity index (χ2n) is 5.66. The van der Waals surface area contributed by atoms with Crippen LogP contribution < -0.4 is 5.32 Å². The molecule has 6 nitrogen and oxygen atoms in total. The molecule has 0 radical (unpaired) electrons. The van der Waals surface area contributed by atoms with E-state index in [0.717, 1.165) is 5.56 Å². The van der Waals surface area contributed by atoms with Crippen LogP contribution in [-0.2, 0) is 20.9 Å². The molecule has 118 valence electrons. The molecule has 1 aromatic heterocycles. The summed E-state index contributed by atoms with van der Waals surface area (Å²) in [7, 11) is 0. The first-order chi connectivity index (χ1) is 9.79. The molecule has 1 heterocycles. The lowest BCUT2D eigenvalue weighted by Gasteiger charge is -2.32. The average Bonchev–Trinajstić information content (AvgIpc) is 2.82. The highest BCUT2D eigenvalue weighted by Gasteiger charge is 2.39. The molecule has 0 unspecified atom stereocenters. The fourth-order valence-corrected chi connectivity index (χ4v) is 1.87. The minimum atomic E-state index is -1.01. The minimum Gasteiger partial charge on any atom is -0.464 e. The van der Waals surface area contributed by atoms with Crippen molar-refractivity contribution < 1.29 is 14.3 Å². The van der Waals surface area contributed by atoms with Crippen molar-refractivity contribution in [1.82, 2.24) is 15.1 Å². The third-order valence-corrected chi connectivity index (χ3v) is 3.58. The zero-order valence-corrected chi connectivity index (χ0v) is 13.5. The number of aryl methyl sites for hydroxylation is 2. The van der Waals surface area contributed by atoms with Crippen LogP contribution in [0.1, 0.15) is 39.7 Å². The van der Waals surface area contributed by atoms with Crippen LogP contribution in [0.4, 0.5) is 0 Å². The van der Waals surface area contributed by atoms with Crippen molar-refractivity contribution in [3.05, 3.63) is 18.0 Å². The molecule has 0 aliphatic rings. The third kappa shape index (κ3) is 4.58. The number of carbonyl (C=O) groups excluding carboxylic acids is 2. The molecule has 0 fully saturated rings. The van der Waals surface area contributed by atoms with Gasteiger partial charge in [-0.2, -0.15) is 5.10 Å². The van der Waals surface area contributed by atoms with Gasteiger partial charge in [0.2, 0.25) is 5.91 Å². The zero-order chi connectivity index (χ0) is 16.0. The molecule has 1 amide bonds. The zero-order valence-electron chi connectivity index (χ0n) is 13.5. The quantitative estimate of drug-likeness (QED) is 0.777. The Morgan fingerprint density at radius 3 is 2.62 bits per heavy atom. The lowest BCUT2D eigenvalue weighted by Crippen LogP contribution is -2.56. The Bertz CT molecular complexity index is 496. The van der Waals surface area contributed by atoms with Crippen LogP contribution in [0, 0.1) is 12.8 Å². The molecule has 21 heavy (non-hydrogen) atoms. The van der Waals surface area contributed by atoms with Gasteiger partial charge in [-0.15, -0.1) is 0 Å². The molecule has 1 atom stereocenters. The van der Waals surface area contributed by atoms with Crippen LogP contribution >= 0.6 is 0 Å². The Labute approximate surface area is 125 Å². The van der Waals surface area contributed by atoms with Gasteiger partial charge in [0.05, 0.1) is 12.8 Å². The predicted octanol–water partition coefficient (Wildman–Crippen LogP) is 1.68. The molecule has 1 rings (SSSR count). The van der Waals surface area contributed by atoms with Crippen molar-refractivity contribution in [3.8, 4) is 0 Å². The second kappa shape index (κ2) is 7.24. The number of hydrogen-bond donors (Lipinski definition) is 1. The lowest BCUT2D eigenvalue weighted by atomic mass is 9.88. The summed E-state index contributed by atoms with van der Waals surface area (Å²) in [5.41, 5.74) is 0.0431. The van der Waals surface area contributed by atoms with Crippen molar-refractivity contribution in [2.75, 3.05) is 6.61 Å². The summed E-state index contributed by atoms with van der Waals surface area (Å²) in [6, 6.07) is 0. The van der Waals surface area contributed by atoms with Crippen molar-refractivity contribution >= 4 is 11.9 Å². The Hall–Kier alpha value is -1.85. The van der Waals surface area contributed by atoms with Crippen LogP contribution in [0.2, 0.25) is 0 Å². The first-order valence-corrected chi connectivity index (χ1v) is 7.27. The minimum absolute atomic E-state index is 0.0625. The molecule has 1 aromatic rings. The molecule has 0 saturated heterocycles. The van der Waals surface area contributed by atoms with E-state index in [1.807, 2.05) is 27.0 Å². The largest absolute Gasteiger partial charge is 0.464 e. The first-order valence-electron chi connectivity index (χ1n) is 7.27. The molecule has 0 saturated carbocycles. The smallest absolute Gasteiger partial charge is 0.331 e. The fourth-order valence-electron chi connectivity index (χ4n) is 1.87. The standard InChI is InChI=1S/C15H25N3O3/c1-6-21-14(20)15(5,11(2)3)17-13(19)7-8-18-10-12(4)9-16-18/h9-11H,6-8H2,1-5H3,(H,17,19)/t15-/m0/s1. The maximum atomic E-state index is 12.1. The predicted molar refractivity (Wildman–Crippen MR) is 79.6 cm³/mol. The average molecular weight is 295 g/mol. The number of esters is 1. The van der Waals surface area contributed by atoms with Crippen molar-refractivity contribution in [1.29, 1.82) is 0 Å². The number of carbonyl (C=O) groups is 2. The molecule has 0 aliphatic carbocycles. The van der Waals surface area contributed by atoms with Gasteiger partial charge in [0.1, 0.15) is 5.54 Å². The highest BCUT2D eigenvalue weighted by atomic mass is 16.5. The molecule has 0 aliphatic heterocycles. The molecular weight excluding hydrogens is 270 g/mol. The summed E-state index contributed by atoms with van der Waals surface area (Å²) in [6.45, 7) is 9.94. The Balaban J connectivity index is 2.62. The number of amides is 1. The lowest BCUT2D eigenvalue weighted by molar-refractivity contribution is -0.154. The van der Waals surface area contributed by atoms with Gasteiger partial charge in [-0.3, -0.25) is 9.48 Å². The van der Waals surface area contributed by atoms with Gasteiger partial charge < -0.3 is 10.1 Å². The number of ether oxygens (including phenoxy) is 1. The molecule has 0 aromatic carbocycles. The molecular formula is C15H25N3O3. The first kappa shape index (κ1) is 17.2. The second-order valence-corrected chi connectivity index (χ2v) is 5.66. The van der Waals surface area contributed by atoms with Gasteiger partial charge in [0.25, 0.3) is 0 Å². The van der Waals surface area contributed by atoms with Crippen LogP contribution in [0.15, 0.2) is 12.4 Å². The SMILES string of the molecule is CCOC(=O)[C@@](C)(NC(=O)CCn1cc(C)cn1)C(C)C. The van der Waals surface area contributed by atoms with E-state index in [2.05, 4.69) is 10.4 Å². The summed E-state index contributed by atoms with van der Waals surface area (Å²) in [5, 5.41) is 6.93. The van der Waals surface area contributed by atoms with E-state index < -0.39 is 11.5 Å². The van der Waals surface area contributed by atoms with Crippen LogP contribution in [0.25, 0.3) is 0 Å². The van der Waals surface area contributed by atoms with Gasteiger partial charge in [-0.25, -0.2) is 4.79 Å². The Morgan fingerprint density at radius 2 is 2.14 bits per heavy atom. The maximum absolute atomic E-state index is 12.1. The van der Waals surface area contributed by atoms with Crippen LogP contribution in [-0.4, -0.2) is 33.8 Å². The highest BCUT2D eigenvalue weighted by Crippen LogP contribution is 2.18. The van der Waals surface area contributed by atoms with E-state index in [0.29, 0.717) is 13.2 Å². The molecule has 0 spiro atoms. The van der Waals surface area contributed by atoms with E-state index in [9.17, 15) is 9.59 Å². The van der Waals surface area contributed by atoms with E-state index in [-0.39, 0.29) is 18.2 Å². The highest BCUT2D eigenvalue weighted by molar-refractivity contribution is 5.88. The van der Waals surface area contributed by atoms with E-state index >= 15 is 0 Å². The molecule has 0 bridgehead atoms. The van der Waals surface area contributed by atoms with E-state index in [1.54, 1.807) is 24.7 Å². The normalized spacial score (nSPS) is 13.8. The van der Waals surface area contributed by atoms with Crippen LogP contribution in [0.5, 0.6) is 0 Å². The topological polar surface area (TPSA) is 73.2 Å². The number of aromatic nitrogens is 2. The van der Waals surface area contributed by atoms with Gasteiger partial charge in [-0.1, -0.05) is 13.8 Å². The molecule has 6 heteroatoms. The number of nitrogens with zero attached hydrogens (tertiary/aromatic N) is 2. The van der Waals surface area contributed by atoms with Gasteiger partial charge >= 0.3 is 5.97 Å². The van der Waals surface area contributed by atoms with E-state index in [1.165, 1.54) is 0 Å². The number of rotatable bonds is 7. The summed E-state index contributed by atoms with van der Waals surface area (Å²) < 4.78 is 6.78. The van der Waals surface area contributed by atoms with E-state index in [4.69, 9.17) is 4.74 Å². The Morgan fingerprint density at radius 1 is 1.48 bits per heavy atom. The van der Waals surface area contributed by atoms with Crippen molar-refractivity contribution in [3.63, 3.8) is 0 Å². The third-order valence-electron chi connectivity index (χ3n) is 3.58. The number of nitrogens with one attached hydrogen (secondary N) is 1. The fraction of sp³-hybridized carbons (Fsp3) is 0.667. The summed E-state index contributed by atoms with van der Waals surface area (Å²) in [4.78, 5) is 24.2. The van der Waals surface area contributed by atoms with Crippen molar-refractivity contribution in [2.24, 2.45) is 5.92 Å². The Kier molecular flexibility index (Phi) is 5.93. The summed E-state index contributed by atoms with van der Waals surface area (Å²) >= 11 is 0. The summed E-state index contributed by atoms with van der Waals surface area (Å²) in [6.07, 6.45) is 3.89. The maximum Gasteiger partial charge on any atom is 0.331 e. The van der Waals surface area contributed by atoms with Gasteiger partial charge in [0, 0.05) is 19.2 Å². The number of hydrogen-bond acceptors (Lipinski definition) is 4. The van der Waals surface area contributed by atoms with Crippen LogP contribution in [0.3, 0.4) is 0 Å². The van der Waals surface area contributed by atoms with Gasteiger partial charge in [0.15, 0.2) is 0 Å². The van der Waals surface area contributed by atoms with Gasteiger partial charge in [-0.05, 0) is 32.3 Å².